The number of rotatable bonds is 0. The highest BCUT2D eigenvalue weighted by molar-refractivity contribution is 5.48. The summed E-state index contributed by atoms with van der Waals surface area (Å²) in [6.45, 7) is 2.05. The van der Waals surface area contributed by atoms with Gasteiger partial charge in [0.1, 0.15) is 5.82 Å². The lowest BCUT2D eigenvalue weighted by molar-refractivity contribution is 0.386. The van der Waals surface area contributed by atoms with Crippen LogP contribution in [0.3, 0.4) is 0 Å². The molecule has 66 valence electrons. The number of fused-ring (bicyclic) bond motifs is 2. The molecule has 1 aromatic rings. The van der Waals surface area contributed by atoms with Gasteiger partial charge in [0.25, 0.3) is 0 Å². The third-order valence-corrected chi connectivity index (χ3v) is 2.49. The van der Waals surface area contributed by atoms with E-state index in [1.165, 1.54) is 16.3 Å². The second-order valence-electron chi connectivity index (χ2n) is 3.29. The number of hydrazine groups is 1. The van der Waals surface area contributed by atoms with Crippen molar-refractivity contribution in [2.75, 3.05) is 13.1 Å². The first-order chi connectivity index (χ1) is 6.45. The van der Waals surface area contributed by atoms with Crippen molar-refractivity contribution in [1.29, 1.82) is 0 Å². The van der Waals surface area contributed by atoms with Crippen molar-refractivity contribution >= 4 is 12.0 Å². The molecule has 1 saturated heterocycles. The Kier molecular flexibility index (Phi) is 1.27. The van der Waals surface area contributed by atoms with Gasteiger partial charge in [0.15, 0.2) is 0 Å². The summed E-state index contributed by atoms with van der Waals surface area (Å²) < 4.78 is 0. The number of benzene rings is 1. The van der Waals surface area contributed by atoms with Gasteiger partial charge in [-0.2, -0.15) is 0 Å². The lowest BCUT2D eigenvalue weighted by atomic mass is 10.2. The van der Waals surface area contributed by atoms with Gasteiger partial charge in [0.05, 0.1) is 6.54 Å². The van der Waals surface area contributed by atoms with Gasteiger partial charge in [-0.25, -0.2) is 0 Å². The molecule has 0 spiro atoms. The van der Waals surface area contributed by atoms with Gasteiger partial charge < -0.3 is 10.7 Å². The fraction of sp³-hybridized carbons (Fsp3) is 0.200. The van der Waals surface area contributed by atoms with Crippen LogP contribution in [0, 0.1) is 0 Å². The molecule has 0 unspecified atom stereocenters. The summed E-state index contributed by atoms with van der Waals surface area (Å²) in [5, 5.41) is 8.06. The maximum atomic E-state index is 3.37. The van der Waals surface area contributed by atoms with E-state index in [0.717, 1.165) is 13.1 Å². The fourth-order valence-corrected chi connectivity index (χ4v) is 1.85. The predicted molar refractivity (Wildman–Crippen MR) is 51.4 cm³/mol. The average Bonchev–Trinajstić information content (AvgIpc) is 2.65. The van der Waals surface area contributed by atoms with Crippen LogP contribution >= 0.6 is 0 Å². The molecular formula is C10H11N3. The van der Waals surface area contributed by atoms with E-state index in [4.69, 9.17) is 0 Å². The second-order valence-corrected chi connectivity index (χ2v) is 3.29. The zero-order chi connectivity index (χ0) is 8.67. The van der Waals surface area contributed by atoms with Crippen LogP contribution in [-0.2, 0) is 0 Å². The van der Waals surface area contributed by atoms with Crippen molar-refractivity contribution in [2.24, 2.45) is 0 Å². The van der Waals surface area contributed by atoms with Gasteiger partial charge in [-0.05, 0) is 0 Å². The Labute approximate surface area is 76.3 Å². The summed E-state index contributed by atoms with van der Waals surface area (Å²) in [5.41, 5.74) is 3.25. The van der Waals surface area contributed by atoms with Gasteiger partial charge in [0.2, 0.25) is 0 Å². The topological polar surface area (TPSA) is 27.3 Å². The summed E-state index contributed by atoms with van der Waals surface area (Å²) in [5.74, 6) is 1.21. The number of nitrogens with one attached hydrogen (secondary N) is 2. The van der Waals surface area contributed by atoms with Crippen LogP contribution in [0.2, 0.25) is 0 Å². The zero-order valence-electron chi connectivity index (χ0n) is 7.25. The molecule has 0 amide bonds. The molecule has 0 aromatic heterocycles. The van der Waals surface area contributed by atoms with Crippen LogP contribution in [0.4, 0.5) is 0 Å². The molecule has 3 heteroatoms. The van der Waals surface area contributed by atoms with Gasteiger partial charge in [-0.15, -0.1) is 0 Å². The Balaban J connectivity index is 2.38. The highest BCUT2D eigenvalue weighted by atomic mass is 15.6. The SMILES string of the molecule is C1=c2ccccc2=C2NCCN2N1. The van der Waals surface area contributed by atoms with E-state index in [2.05, 4.69) is 40.0 Å². The van der Waals surface area contributed by atoms with Crippen molar-refractivity contribution in [3.63, 3.8) is 0 Å². The van der Waals surface area contributed by atoms with Crippen molar-refractivity contribution < 1.29 is 0 Å². The normalized spacial score (nSPS) is 18.2. The predicted octanol–water partition coefficient (Wildman–Crippen LogP) is -1.09. The lowest BCUT2D eigenvalue weighted by Crippen LogP contribution is -2.45. The van der Waals surface area contributed by atoms with E-state index in [1.807, 2.05) is 6.20 Å². The molecular weight excluding hydrogens is 162 g/mol. The zero-order valence-corrected chi connectivity index (χ0v) is 7.25. The first-order valence-corrected chi connectivity index (χ1v) is 4.52. The molecule has 2 N–H and O–H groups in total. The van der Waals surface area contributed by atoms with Crippen molar-refractivity contribution in [1.82, 2.24) is 15.8 Å². The minimum Gasteiger partial charge on any atom is -0.368 e. The molecule has 0 radical (unpaired) electrons. The van der Waals surface area contributed by atoms with Gasteiger partial charge >= 0.3 is 0 Å². The van der Waals surface area contributed by atoms with Crippen molar-refractivity contribution in [3.8, 4) is 0 Å². The molecule has 13 heavy (non-hydrogen) atoms. The van der Waals surface area contributed by atoms with Crippen LogP contribution in [0.25, 0.3) is 12.0 Å². The maximum absolute atomic E-state index is 3.37. The number of nitrogens with zero attached hydrogens (tertiary/aromatic N) is 1. The van der Waals surface area contributed by atoms with Crippen molar-refractivity contribution in [3.05, 3.63) is 34.7 Å². The molecule has 1 fully saturated rings. The fourth-order valence-electron chi connectivity index (χ4n) is 1.85. The Morgan fingerprint density at radius 1 is 1.23 bits per heavy atom. The lowest BCUT2D eigenvalue weighted by Gasteiger charge is -2.21. The van der Waals surface area contributed by atoms with E-state index in [9.17, 15) is 0 Å². The van der Waals surface area contributed by atoms with Crippen molar-refractivity contribution in [2.45, 2.75) is 0 Å². The third-order valence-electron chi connectivity index (χ3n) is 2.49. The Morgan fingerprint density at radius 2 is 2.15 bits per heavy atom. The molecule has 0 saturated carbocycles. The van der Waals surface area contributed by atoms with Crippen LogP contribution in [0.1, 0.15) is 0 Å². The molecule has 2 aliphatic heterocycles. The van der Waals surface area contributed by atoms with E-state index in [-0.39, 0.29) is 0 Å². The summed E-state index contributed by atoms with van der Waals surface area (Å²) in [7, 11) is 0. The summed E-state index contributed by atoms with van der Waals surface area (Å²) >= 11 is 0. The Morgan fingerprint density at radius 3 is 3.15 bits per heavy atom. The number of hydrogen-bond donors (Lipinski definition) is 2. The maximum Gasteiger partial charge on any atom is 0.128 e. The minimum atomic E-state index is 1.02. The third kappa shape index (κ3) is 0.900. The van der Waals surface area contributed by atoms with Crippen LogP contribution < -0.4 is 21.2 Å². The Hall–Kier alpha value is -1.64. The van der Waals surface area contributed by atoms with E-state index in [1.54, 1.807) is 0 Å². The first kappa shape index (κ1) is 6.83. The summed E-state index contributed by atoms with van der Waals surface area (Å²) in [6.07, 6.45) is 2.05. The summed E-state index contributed by atoms with van der Waals surface area (Å²) in [4.78, 5) is 0. The molecule has 2 heterocycles. The summed E-state index contributed by atoms with van der Waals surface area (Å²) in [6, 6.07) is 8.39. The quantitative estimate of drug-likeness (QED) is 0.522. The van der Waals surface area contributed by atoms with Crippen LogP contribution in [-0.4, -0.2) is 18.1 Å². The molecule has 0 atom stereocenters. The number of hydrogen-bond acceptors (Lipinski definition) is 3. The highest BCUT2D eigenvalue weighted by Crippen LogP contribution is 2.03. The molecule has 1 aromatic carbocycles. The Bertz CT molecular complexity index is 449. The van der Waals surface area contributed by atoms with E-state index < -0.39 is 0 Å². The monoisotopic (exact) mass is 173 g/mol. The standard InChI is InChI=1S/C10H11N3/c1-2-4-9-8(3-1)7-12-13-6-5-11-10(9)13/h1-4,7,11-12H,5-6H2. The molecule has 3 rings (SSSR count). The second kappa shape index (κ2) is 2.42. The van der Waals surface area contributed by atoms with Crippen LogP contribution in [0.5, 0.6) is 0 Å². The largest absolute Gasteiger partial charge is 0.368 e. The molecule has 0 bridgehead atoms. The van der Waals surface area contributed by atoms with Gasteiger partial charge in [-0.3, -0.25) is 5.01 Å². The molecule has 3 nitrogen and oxygen atoms in total. The van der Waals surface area contributed by atoms with E-state index >= 15 is 0 Å². The van der Waals surface area contributed by atoms with Crippen LogP contribution in [0.15, 0.2) is 24.3 Å². The average molecular weight is 173 g/mol. The minimum absolute atomic E-state index is 1.02. The van der Waals surface area contributed by atoms with E-state index in [0.29, 0.717) is 0 Å². The van der Waals surface area contributed by atoms with Gasteiger partial charge in [-0.1, -0.05) is 24.3 Å². The first-order valence-electron chi connectivity index (χ1n) is 4.52. The van der Waals surface area contributed by atoms with Gasteiger partial charge in [0, 0.05) is 23.2 Å². The smallest absolute Gasteiger partial charge is 0.128 e. The molecule has 2 aliphatic rings. The highest BCUT2D eigenvalue weighted by Gasteiger charge is 2.17. The molecule has 0 aliphatic carbocycles.